The summed E-state index contributed by atoms with van der Waals surface area (Å²) in [5, 5.41) is 4.20. The summed E-state index contributed by atoms with van der Waals surface area (Å²) in [6, 6.07) is 9.66. The Bertz CT molecular complexity index is 575. The van der Waals surface area contributed by atoms with Crippen LogP contribution in [0.4, 0.5) is 0 Å². The molecule has 98 valence electrons. The molecule has 0 unspecified atom stereocenters. The van der Waals surface area contributed by atoms with E-state index < -0.39 is 0 Å². The zero-order valence-corrected chi connectivity index (χ0v) is 11.0. The summed E-state index contributed by atoms with van der Waals surface area (Å²) in [5.74, 6) is 6.63. The molecule has 0 spiro atoms. The van der Waals surface area contributed by atoms with Gasteiger partial charge >= 0.3 is 0 Å². The number of hydrogen-bond donors (Lipinski definition) is 1. The van der Waals surface area contributed by atoms with E-state index in [1.54, 1.807) is 6.20 Å². The molecule has 2 aromatic rings. The van der Waals surface area contributed by atoms with Crippen LogP contribution in [0.1, 0.15) is 11.3 Å². The Morgan fingerprint density at radius 1 is 1.26 bits per heavy atom. The van der Waals surface area contributed by atoms with Crippen molar-refractivity contribution in [3.05, 3.63) is 47.8 Å². The lowest BCUT2D eigenvalue weighted by molar-refractivity contribution is 0.290. The third-order valence-electron chi connectivity index (χ3n) is 2.69. The second-order valence-corrected chi connectivity index (χ2v) is 4.07. The van der Waals surface area contributed by atoms with Crippen molar-refractivity contribution in [3.8, 4) is 17.6 Å². The van der Waals surface area contributed by atoms with E-state index in [0.717, 1.165) is 23.6 Å². The van der Waals surface area contributed by atoms with E-state index in [0.29, 0.717) is 13.2 Å². The molecular formula is C15H17N3O. The number of aromatic nitrogens is 2. The molecule has 1 aromatic carbocycles. The standard InChI is InChI=1S/C15H17N3O/c1-13-8-10-17-18(13)11-12-19-15-6-4-14(5-7-15)3-2-9-16/h4-8,10H,9,11-12,16H2,1H3. The summed E-state index contributed by atoms with van der Waals surface area (Å²) in [4.78, 5) is 0. The lowest BCUT2D eigenvalue weighted by Gasteiger charge is -2.07. The Morgan fingerprint density at radius 3 is 2.68 bits per heavy atom. The fraction of sp³-hybridized carbons (Fsp3) is 0.267. The first-order valence-electron chi connectivity index (χ1n) is 6.20. The van der Waals surface area contributed by atoms with Crippen LogP contribution in [0.5, 0.6) is 5.75 Å². The number of nitrogens with two attached hydrogens (primary N) is 1. The molecule has 0 bridgehead atoms. The van der Waals surface area contributed by atoms with Crippen molar-refractivity contribution in [2.24, 2.45) is 5.73 Å². The minimum atomic E-state index is 0.376. The summed E-state index contributed by atoms with van der Waals surface area (Å²) < 4.78 is 7.58. The summed E-state index contributed by atoms with van der Waals surface area (Å²) in [5.41, 5.74) is 7.40. The van der Waals surface area contributed by atoms with E-state index in [1.807, 2.05) is 41.9 Å². The monoisotopic (exact) mass is 255 g/mol. The second kappa shape index (κ2) is 6.62. The highest BCUT2D eigenvalue weighted by molar-refractivity contribution is 5.38. The average molecular weight is 255 g/mol. The molecule has 0 amide bonds. The van der Waals surface area contributed by atoms with Gasteiger partial charge in [0.25, 0.3) is 0 Å². The number of ether oxygens (including phenoxy) is 1. The first-order valence-corrected chi connectivity index (χ1v) is 6.20. The molecule has 4 heteroatoms. The van der Waals surface area contributed by atoms with Crippen molar-refractivity contribution in [2.75, 3.05) is 13.2 Å². The highest BCUT2D eigenvalue weighted by Crippen LogP contribution is 2.11. The summed E-state index contributed by atoms with van der Waals surface area (Å²) in [6.07, 6.45) is 1.79. The van der Waals surface area contributed by atoms with Crippen molar-refractivity contribution < 1.29 is 4.74 Å². The van der Waals surface area contributed by atoms with Crippen LogP contribution in [0.25, 0.3) is 0 Å². The van der Waals surface area contributed by atoms with Crippen LogP contribution in [-0.4, -0.2) is 22.9 Å². The molecule has 0 radical (unpaired) electrons. The van der Waals surface area contributed by atoms with Gasteiger partial charge in [-0.05, 0) is 37.3 Å². The number of rotatable bonds is 4. The summed E-state index contributed by atoms with van der Waals surface area (Å²) in [6.45, 7) is 3.74. The van der Waals surface area contributed by atoms with Crippen LogP contribution in [0.2, 0.25) is 0 Å². The Kier molecular flexibility index (Phi) is 4.60. The second-order valence-electron chi connectivity index (χ2n) is 4.07. The van der Waals surface area contributed by atoms with Crippen LogP contribution in [-0.2, 0) is 6.54 Å². The van der Waals surface area contributed by atoms with Gasteiger partial charge in [-0.2, -0.15) is 5.10 Å². The Hall–Kier alpha value is -2.25. The molecule has 1 aromatic heterocycles. The van der Waals surface area contributed by atoms with Gasteiger partial charge in [0.15, 0.2) is 0 Å². The van der Waals surface area contributed by atoms with E-state index >= 15 is 0 Å². The van der Waals surface area contributed by atoms with Crippen molar-refractivity contribution in [1.82, 2.24) is 9.78 Å². The van der Waals surface area contributed by atoms with E-state index in [2.05, 4.69) is 16.9 Å². The minimum absolute atomic E-state index is 0.376. The maximum absolute atomic E-state index is 5.66. The average Bonchev–Trinajstić information content (AvgIpc) is 2.84. The van der Waals surface area contributed by atoms with Crippen LogP contribution in [0, 0.1) is 18.8 Å². The van der Waals surface area contributed by atoms with E-state index in [-0.39, 0.29) is 0 Å². The van der Waals surface area contributed by atoms with Crippen molar-refractivity contribution >= 4 is 0 Å². The van der Waals surface area contributed by atoms with Crippen LogP contribution < -0.4 is 10.5 Å². The molecule has 0 aliphatic carbocycles. The molecule has 1 heterocycles. The largest absolute Gasteiger partial charge is 0.492 e. The highest BCUT2D eigenvalue weighted by Gasteiger charge is 1.98. The van der Waals surface area contributed by atoms with E-state index in [1.165, 1.54) is 0 Å². The number of nitrogens with zero attached hydrogens (tertiary/aromatic N) is 2. The zero-order valence-electron chi connectivity index (χ0n) is 11.0. The number of aryl methyl sites for hydroxylation is 1. The SMILES string of the molecule is Cc1ccnn1CCOc1ccc(C#CCN)cc1. The maximum atomic E-state index is 5.66. The van der Waals surface area contributed by atoms with Gasteiger partial charge in [-0.1, -0.05) is 11.8 Å². The van der Waals surface area contributed by atoms with Gasteiger partial charge in [0.1, 0.15) is 12.4 Å². The van der Waals surface area contributed by atoms with Gasteiger partial charge < -0.3 is 10.5 Å². The lowest BCUT2D eigenvalue weighted by Crippen LogP contribution is -2.10. The molecular weight excluding hydrogens is 238 g/mol. The molecule has 0 aliphatic rings. The normalized spacial score (nSPS) is 9.79. The molecule has 19 heavy (non-hydrogen) atoms. The minimum Gasteiger partial charge on any atom is -0.492 e. The maximum Gasteiger partial charge on any atom is 0.119 e. The highest BCUT2D eigenvalue weighted by atomic mass is 16.5. The van der Waals surface area contributed by atoms with Gasteiger partial charge in [-0.15, -0.1) is 0 Å². The van der Waals surface area contributed by atoms with Gasteiger partial charge in [0.05, 0.1) is 13.1 Å². The first-order chi connectivity index (χ1) is 9.29. The Labute approximate surface area is 113 Å². The number of benzene rings is 1. The molecule has 4 nitrogen and oxygen atoms in total. The van der Waals surface area contributed by atoms with Crippen molar-refractivity contribution in [2.45, 2.75) is 13.5 Å². The summed E-state index contributed by atoms with van der Waals surface area (Å²) >= 11 is 0. The molecule has 0 aliphatic heterocycles. The Balaban J connectivity index is 1.85. The summed E-state index contributed by atoms with van der Waals surface area (Å²) in [7, 11) is 0. The lowest BCUT2D eigenvalue weighted by atomic mass is 10.2. The van der Waals surface area contributed by atoms with Crippen LogP contribution in [0.15, 0.2) is 36.5 Å². The topological polar surface area (TPSA) is 53.1 Å². The van der Waals surface area contributed by atoms with Crippen molar-refractivity contribution in [3.63, 3.8) is 0 Å². The van der Waals surface area contributed by atoms with Crippen LogP contribution >= 0.6 is 0 Å². The molecule has 2 rings (SSSR count). The molecule has 0 saturated heterocycles. The third-order valence-corrected chi connectivity index (χ3v) is 2.69. The predicted molar refractivity (Wildman–Crippen MR) is 74.8 cm³/mol. The first kappa shape index (κ1) is 13.2. The van der Waals surface area contributed by atoms with Crippen molar-refractivity contribution in [1.29, 1.82) is 0 Å². The van der Waals surface area contributed by atoms with Gasteiger partial charge in [-0.25, -0.2) is 0 Å². The Morgan fingerprint density at radius 2 is 2.05 bits per heavy atom. The molecule has 0 fully saturated rings. The van der Waals surface area contributed by atoms with E-state index in [4.69, 9.17) is 10.5 Å². The number of hydrogen-bond acceptors (Lipinski definition) is 3. The molecule has 0 atom stereocenters. The van der Waals surface area contributed by atoms with Gasteiger partial charge in [-0.3, -0.25) is 4.68 Å². The predicted octanol–water partition coefficient (Wildman–Crippen LogP) is 1.58. The smallest absolute Gasteiger partial charge is 0.119 e. The molecule has 0 saturated carbocycles. The van der Waals surface area contributed by atoms with Gasteiger partial charge in [0, 0.05) is 17.5 Å². The van der Waals surface area contributed by atoms with E-state index in [9.17, 15) is 0 Å². The van der Waals surface area contributed by atoms with Crippen LogP contribution in [0.3, 0.4) is 0 Å². The third kappa shape index (κ3) is 3.87. The molecule has 2 N–H and O–H groups in total. The zero-order chi connectivity index (χ0) is 13.5. The quantitative estimate of drug-likeness (QED) is 0.844. The van der Waals surface area contributed by atoms with Gasteiger partial charge in [0.2, 0.25) is 0 Å². The fourth-order valence-electron chi connectivity index (χ4n) is 1.67. The fourth-order valence-corrected chi connectivity index (χ4v) is 1.67.